The summed E-state index contributed by atoms with van der Waals surface area (Å²) >= 11 is 3.49. The summed E-state index contributed by atoms with van der Waals surface area (Å²) < 4.78 is 18.2. The zero-order valence-electron chi connectivity index (χ0n) is 10.7. The van der Waals surface area contributed by atoms with Crippen molar-refractivity contribution in [1.82, 2.24) is 0 Å². The minimum atomic E-state index is -0.336. The van der Waals surface area contributed by atoms with Gasteiger partial charge in [-0.15, -0.1) is 0 Å². The Balaban J connectivity index is 1.57. The summed E-state index contributed by atoms with van der Waals surface area (Å²) in [5, 5.41) is 0. The Labute approximate surface area is 121 Å². The van der Waals surface area contributed by atoms with Gasteiger partial charge in [-0.1, -0.05) is 18.2 Å². The number of rotatable bonds is 3. The molecular weight excluding hydrogens is 308 g/mol. The summed E-state index contributed by atoms with van der Waals surface area (Å²) in [6.07, 6.45) is 4.94. The molecule has 0 saturated carbocycles. The van der Waals surface area contributed by atoms with E-state index in [4.69, 9.17) is 14.2 Å². The van der Waals surface area contributed by atoms with E-state index in [9.17, 15) is 0 Å². The maximum absolute atomic E-state index is 5.83. The van der Waals surface area contributed by atoms with Crippen LogP contribution >= 0.6 is 15.9 Å². The molecule has 1 aliphatic heterocycles. The Morgan fingerprint density at radius 1 is 1.21 bits per heavy atom. The molecule has 102 valence electrons. The Bertz CT molecular complexity index is 478. The fourth-order valence-electron chi connectivity index (χ4n) is 2.48. The summed E-state index contributed by atoms with van der Waals surface area (Å²) in [5.74, 6) is 0.550. The molecule has 0 radical (unpaired) electrons. The quantitative estimate of drug-likeness (QED) is 0.794. The van der Waals surface area contributed by atoms with Crippen LogP contribution in [0.3, 0.4) is 0 Å². The number of halogens is 1. The first kappa shape index (κ1) is 13.2. The van der Waals surface area contributed by atoms with E-state index in [2.05, 4.69) is 22.0 Å². The molecule has 0 aromatic heterocycles. The Morgan fingerprint density at radius 3 is 2.68 bits per heavy atom. The topological polar surface area (TPSA) is 27.7 Å². The predicted octanol–water partition coefficient (Wildman–Crippen LogP) is 3.68. The fourth-order valence-corrected chi connectivity index (χ4v) is 2.88. The average molecular weight is 325 g/mol. The van der Waals surface area contributed by atoms with Crippen molar-refractivity contribution >= 4 is 15.9 Å². The first-order valence-corrected chi connectivity index (χ1v) is 7.40. The summed E-state index contributed by atoms with van der Waals surface area (Å²) in [6.45, 7) is 2.08. The van der Waals surface area contributed by atoms with Gasteiger partial charge in [-0.2, -0.15) is 0 Å². The molecule has 1 aliphatic carbocycles. The third-order valence-corrected chi connectivity index (χ3v) is 4.25. The third kappa shape index (κ3) is 3.02. The summed E-state index contributed by atoms with van der Waals surface area (Å²) in [4.78, 5) is 0. The molecule has 0 N–H and O–H groups in total. The molecule has 1 heterocycles. The summed E-state index contributed by atoms with van der Waals surface area (Å²) in [6, 6.07) is 7.91. The Hall–Kier alpha value is -0.840. The summed E-state index contributed by atoms with van der Waals surface area (Å²) in [5.41, 5.74) is 1.32. The molecule has 1 spiro atoms. The first-order valence-electron chi connectivity index (χ1n) is 6.61. The molecule has 0 amide bonds. The van der Waals surface area contributed by atoms with Gasteiger partial charge in [-0.05, 0) is 40.1 Å². The highest BCUT2D eigenvalue weighted by atomic mass is 79.9. The van der Waals surface area contributed by atoms with Crippen LogP contribution in [0.4, 0.5) is 0 Å². The van der Waals surface area contributed by atoms with E-state index < -0.39 is 0 Å². The Morgan fingerprint density at radius 2 is 2.00 bits per heavy atom. The smallest absolute Gasteiger partial charge is 0.172 e. The third-order valence-electron chi connectivity index (χ3n) is 3.59. The molecule has 1 saturated heterocycles. The number of para-hydroxylation sites is 1. The van der Waals surface area contributed by atoms with Crippen molar-refractivity contribution in [2.45, 2.75) is 25.0 Å². The van der Waals surface area contributed by atoms with Crippen LogP contribution in [-0.4, -0.2) is 25.6 Å². The maximum Gasteiger partial charge on any atom is 0.172 e. The van der Waals surface area contributed by atoms with Crippen molar-refractivity contribution in [3.8, 4) is 5.75 Å². The second-order valence-electron chi connectivity index (χ2n) is 4.89. The molecule has 4 heteroatoms. The standard InChI is InChI=1S/C15H17BrO3/c16-13-3-1-2-4-14(13)17-11-12-5-7-15(8-6-12)18-9-10-19-15/h1-5H,6-11H2. The molecule has 19 heavy (non-hydrogen) atoms. The molecular formula is C15H17BrO3. The molecule has 0 bridgehead atoms. The van der Waals surface area contributed by atoms with E-state index in [0.717, 1.165) is 42.7 Å². The van der Waals surface area contributed by atoms with E-state index in [1.807, 2.05) is 24.3 Å². The lowest BCUT2D eigenvalue weighted by Crippen LogP contribution is -2.32. The molecule has 3 nitrogen and oxygen atoms in total. The number of ether oxygens (including phenoxy) is 3. The average Bonchev–Trinajstić information content (AvgIpc) is 2.88. The van der Waals surface area contributed by atoms with Gasteiger partial charge >= 0.3 is 0 Å². The van der Waals surface area contributed by atoms with E-state index in [1.165, 1.54) is 5.57 Å². The van der Waals surface area contributed by atoms with E-state index in [1.54, 1.807) is 0 Å². The lowest BCUT2D eigenvalue weighted by molar-refractivity contribution is -0.161. The molecule has 1 fully saturated rings. The van der Waals surface area contributed by atoms with Crippen LogP contribution in [0.15, 0.2) is 40.4 Å². The van der Waals surface area contributed by atoms with Crippen molar-refractivity contribution in [2.24, 2.45) is 0 Å². The van der Waals surface area contributed by atoms with E-state index >= 15 is 0 Å². The van der Waals surface area contributed by atoms with Crippen LogP contribution in [0, 0.1) is 0 Å². The molecule has 3 rings (SSSR count). The van der Waals surface area contributed by atoms with E-state index in [0.29, 0.717) is 6.61 Å². The predicted molar refractivity (Wildman–Crippen MR) is 76.2 cm³/mol. The lowest BCUT2D eigenvalue weighted by atomic mass is 9.94. The van der Waals surface area contributed by atoms with Gasteiger partial charge in [-0.3, -0.25) is 0 Å². The minimum absolute atomic E-state index is 0.336. The van der Waals surface area contributed by atoms with Crippen LogP contribution in [-0.2, 0) is 9.47 Å². The van der Waals surface area contributed by atoms with Gasteiger partial charge in [0.25, 0.3) is 0 Å². The van der Waals surface area contributed by atoms with Crippen molar-refractivity contribution in [3.05, 3.63) is 40.4 Å². The van der Waals surface area contributed by atoms with Crippen LogP contribution in [0.25, 0.3) is 0 Å². The molecule has 0 atom stereocenters. The van der Waals surface area contributed by atoms with Crippen molar-refractivity contribution in [1.29, 1.82) is 0 Å². The number of hydrogen-bond acceptors (Lipinski definition) is 3. The van der Waals surface area contributed by atoms with Gasteiger partial charge in [-0.25, -0.2) is 0 Å². The maximum atomic E-state index is 5.83. The second-order valence-corrected chi connectivity index (χ2v) is 5.75. The fraction of sp³-hybridized carbons (Fsp3) is 0.467. The monoisotopic (exact) mass is 324 g/mol. The first-order chi connectivity index (χ1) is 9.27. The molecule has 1 aromatic carbocycles. The summed E-state index contributed by atoms with van der Waals surface area (Å²) in [7, 11) is 0. The van der Waals surface area contributed by atoms with Gasteiger partial charge in [0.15, 0.2) is 5.79 Å². The molecule has 1 aromatic rings. The van der Waals surface area contributed by atoms with Gasteiger partial charge in [0.2, 0.25) is 0 Å². The highest BCUT2D eigenvalue weighted by molar-refractivity contribution is 9.10. The SMILES string of the molecule is Brc1ccccc1OCC1=CCC2(CC1)OCCO2. The molecule has 2 aliphatic rings. The van der Waals surface area contributed by atoms with Gasteiger partial charge in [0.1, 0.15) is 12.4 Å². The highest BCUT2D eigenvalue weighted by Crippen LogP contribution is 2.35. The van der Waals surface area contributed by atoms with Crippen LogP contribution in [0.5, 0.6) is 5.75 Å². The van der Waals surface area contributed by atoms with E-state index in [-0.39, 0.29) is 5.79 Å². The van der Waals surface area contributed by atoms with Crippen molar-refractivity contribution in [3.63, 3.8) is 0 Å². The zero-order valence-corrected chi connectivity index (χ0v) is 12.3. The van der Waals surface area contributed by atoms with Crippen LogP contribution in [0.1, 0.15) is 19.3 Å². The van der Waals surface area contributed by atoms with Gasteiger partial charge in [0.05, 0.1) is 17.7 Å². The zero-order chi connectivity index (χ0) is 13.1. The highest BCUT2D eigenvalue weighted by Gasteiger charge is 2.37. The van der Waals surface area contributed by atoms with Crippen molar-refractivity contribution < 1.29 is 14.2 Å². The van der Waals surface area contributed by atoms with Crippen LogP contribution < -0.4 is 4.74 Å². The number of benzene rings is 1. The number of hydrogen-bond donors (Lipinski definition) is 0. The van der Waals surface area contributed by atoms with Gasteiger partial charge < -0.3 is 14.2 Å². The Kier molecular flexibility index (Phi) is 3.91. The second kappa shape index (κ2) is 5.65. The lowest BCUT2D eigenvalue weighted by Gasteiger charge is -2.30. The van der Waals surface area contributed by atoms with Crippen LogP contribution in [0.2, 0.25) is 0 Å². The van der Waals surface area contributed by atoms with Gasteiger partial charge in [0, 0.05) is 12.8 Å². The van der Waals surface area contributed by atoms with Crippen molar-refractivity contribution in [2.75, 3.05) is 19.8 Å². The minimum Gasteiger partial charge on any atom is -0.488 e. The normalized spacial score (nSPS) is 21.4. The molecule has 0 unspecified atom stereocenters. The largest absolute Gasteiger partial charge is 0.488 e.